The van der Waals surface area contributed by atoms with Gasteiger partial charge in [-0.1, -0.05) is 31.9 Å². The average Bonchev–Trinajstić information content (AvgIpc) is 3.29. The molecule has 1 heterocycles. The maximum absolute atomic E-state index is 12.9. The molecule has 7 heteroatoms. The third-order valence-electron chi connectivity index (χ3n) is 6.00. The second-order valence-electron chi connectivity index (χ2n) is 7.53. The number of esters is 1. The zero-order valence-corrected chi connectivity index (χ0v) is 17.9. The third-order valence-corrected chi connectivity index (χ3v) is 7.73. The van der Waals surface area contributed by atoms with Crippen molar-refractivity contribution in [2.24, 2.45) is 23.7 Å². The van der Waals surface area contributed by atoms with Gasteiger partial charge in [-0.15, -0.1) is 0 Å². The van der Waals surface area contributed by atoms with Crippen LogP contribution in [0.4, 0.5) is 5.69 Å². The molecule has 0 unspecified atom stereocenters. The van der Waals surface area contributed by atoms with Crippen LogP contribution in [0.1, 0.15) is 6.42 Å². The lowest BCUT2D eigenvalue weighted by Gasteiger charge is -2.27. The minimum Gasteiger partial charge on any atom is -0.461 e. The lowest BCUT2D eigenvalue weighted by Crippen LogP contribution is -2.40. The van der Waals surface area contributed by atoms with Crippen molar-refractivity contribution in [3.8, 4) is 11.5 Å². The van der Waals surface area contributed by atoms with Crippen molar-refractivity contribution in [3.63, 3.8) is 0 Å². The van der Waals surface area contributed by atoms with Crippen molar-refractivity contribution in [1.29, 1.82) is 0 Å². The van der Waals surface area contributed by atoms with E-state index in [-0.39, 0.29) is 46.5 Å². The lowest BCUT2D eigenvalue weighted by molar-refractivity contribution is -0.145. The molecule has 0 spiro atoms. The summed E-state index contributed by atoms with van der Waals surface area (Å²) in [6.07, 6.45) is 0.802. The number of nitrogens with one attached hydrogen (secondary N) is 1. The van der Waals surface area contributed by atoms with Gasteiger partial charge < -0.3 is 14.8 Å². The van der Waals surface area contributed by atoms with Gasteiger partial charge in [0.25, 0.3) is 0 Å². The first-order chi connectivity index (χ1) is 13.5. The standard InChI is InChI=1S/C21H17Br2NO4/c22-10-1-5-12(6-2-10)27-13-7-3-11(4-8-13)24-20(25)16-14-9-15-17(16)21(26)28-19(15)18(14)23/h1-8,14-19H,9H2,(H,24,25)/t14-,15-,16-,17+,18+,19+/m1/s1. The molecule has 2 bridgehead atoms. The summed E-state index contributed by atoms with van der Waals surface area (Å²) in [5.41, 5.74) is 0.685. The fraction of sp³-hybridized carbons (Fsp3) is 0.333. The van der Waals surface area contributed by atoms with Crippen LogP contribution in [-0.4, -0.2) is 22.8 Å². The van der Waals surface area contributed by atoms with Crippen LogP contribution in [0.15, 0.2) is 53.0 Å². The molecule has 144 valence electrons. The van der Waals surface area contributed by atoms with Gasteiger partial charge in [-0.05, 0) is 60.9 Å². The SMILES string of the molecule is O=C(Nc1ccc(Oc2ccc(Br)cc2)cc1)[C@@H]1[C@H]2C[C@H]3[C@H](OC(=O)[C@@H]31)[C@H]2Br. The highest BCUT2D eigenvalue weighted by atomic mass is 79.9. The Bertz CT molecular complexity index is 930. The second-order valence-corrected chi connectivity index (χ2v) is 9.50. The van der Waals surface area contributed by atoms with E-state index in [9.17, 15) is 9.59 Å². The van der Waals surface area contributed by atoms with E-state index in [4.69, 9.17) is 9.47 Å². The molecule has 1 N–H and O–H groups in total. The van der Waals surface area contributed by atoms with Crippen LogP contribution in [0, 0.1) is 23.7 Å². The number of halogens is 2. The number of benzene rings is 2. The van der Waals surface area contributed by atoms with Gasteiger partial charge in [-0.25, -0.2) is 0 Å². The van der Waals surface area contributed by atoms with Gasteiger partial charge in [-0.3, -0.25) is 9.59 Å². The Kier molecular flexibility index (Phi) is 4.47. The number of anilines is 1. The smallest absolute Gasteiger partial charge is 0.310 e. The van der Waals surface area contributed by atoms with E-state index in [1.807, 2.05) is 36.4 Å². The van der Waals surface area contributed by atoms with Crippen LogP contribution in [-0.2, 0) is 14.3 Å². The Hall–Kier alpha value is -1.86. The molecule has 3 aliphatic rings. The zero-order chi connectivity index (χ0) is 19.4. The fourth-order valence-electron chi connectivity index (χ4n) is 4.80. The number of amides is 1. The topological polar surface area (TPSA) is 64.6 Å². The molecule has 0 aromatic heterocycles. The fourth-order valence-corrected chi connectivity index (χ4v) is 6.11. The zero-order valence-electron chi connectivity index (χ0n) is 14.7. The van der Waals surface area contributed by atoms with Crippen LogP contribution in [0.2, 0.25) is 0 Å². The number of fused-ring (bicyclic) bond motifs is 1. The van der Waals surface area contributed by atoms with E-state index < -0.39 is 0 Å². The summed E-state index contributed by atoms with van der Waals surface area (Å²) in [5.74, 6) is 0.759. The van der Waals surface area contributed by atoms with E-state index >= 15 is 0 Å². The van der Waals surface area contributed by atoms with Crippen LogP contribution in [0.25, 0.3) is 0 Å². The summed E-state index contributed by atoms with van der Waals surface area (Å²) in [6, 6.07) is 14.8. The number of alkyl halides is 1. The van der Waals surface area contributed by atoms with Gasteiger partial charge in [-0.2, -0.15) is 0 Å². The molecule has 2 aromatic carbocycles. The summed E-state index contributed by atoms with van der Waals surface area (Å²) in [5, 5.41) is 2.96. The summed E-state index contributed by atoms with van der Waals surface area (Å²) in [4.78, 5) is 25.2. The minimum atomic E-state index is -0.334. The predicted octanol–water partition coefficient (Wildman–Crippen LogP) is 4.75. The minimum absolute atomic E-state index is 0.0673. The largest absolute Gasteiger partial charge is 0.461 e. The first-order valence-electron chi connectivity index (χ1n) is 9.20. The van der Waals surface area contributed by atoms with Crippen LogP contribution < -0.4 is 10.1 Å². The Balaban J connectivity index is 1.27. The summed E-state index contributed by atoms with van der Waals surface area (Å²) in [7, 11) is 0. The summed E-state index contributed by atoms with van der Waals surface area (Å²) < 4.78 is 12.3. The van der Waals surface area contributed by atoms with Crippen LogP contribution in [0.5, 0.6) is 11.5 Å². The Morgan fingerprint density at radius 2 is 1.68 bits per heavy atom. The van der Waals surface area contributed by atoms with Crippen molar-refractivity contribution in [2.45, 2.75) is 17.4 Å². The molecular weight excluding hydrogens is 490 g/mol. The molecular formula is C21H17Br2NO4. The molecule has 1 aliphatic heterocycles. The van der Waals surface area contributed by atoms with Gasteiger partial charge in [0, 0.05) is 16.1 Å². The molecule has 5 rings (SSSR count). The van der Waals surface area contributed by atoms with Gasteiger partial charge in [0.15, 0.2) is 0 Å². The van der Waals surface area contributed by atoms with E-state index in [2.05, 4.69) is 37.2 Å². The van der Waals surface area contributed by atoms with Gasteiger partial charge in [0.1, 0.15) is 17.6 Å². The first-order valence-corrected chi connectivity index (χ1v) is 10.9. The van der Waals surface area contributed by atoms with Crippen molar-refractivity contribution in [1.82, 2.24) is 0 Å². The van der Waals surface area contributed by atoms with E-state index in [1.165, 1.54) is 0 Å². The summed E-state index contributed by atoms with van der Waals surface area (Å²) in [6.45, 7) is 0. The number of carbonyl (C=O) groups excluding carboxylic acids is 2. The molecule has 1 saturated heterocycles. The third kappa shape index (κ3) is 2.95. The number of carbonyl (C=O) groups is 2. The van der Waals surface area contributed by atoms with E-state index in [0.717, 1.165) is 16.6 Å². The van der Waals surface area contributed by atoms with Crippen molar-refractivity contribution < 1.29 is 19.1 Å². The quantitative estimate of drug-likeness (QED) is 0.480. The number of hydrogen-bond acceptors (Lipinski definition) is 4. The molecule has 1 amide bonds. The van der Waals surface area contributed by atoms with Crippen molar-refractivity contribution in [2.75, 3.05) is 5.32 Å². The molecule has 6 atom stereocenters. The molecule has 0 radical (unpaired) electrons. The molecule has 3 fully saturated rings. The van der Waals surface area contributed by atoms with E-state index in [0.29, 0.717) is 11.4 Å². The predicted molar refractivity (Wildman–Crippen MR) is 110 cm³/mol. The molecule has 28 heavy (non-hydrogen) atoms. The lowest BCUT2D eigenvalue weighted by atomic mass is 9.79. The molecule has 2 aromatic rings. The Labute approximate surface area is 179 Å². The monoisotopic (exact) mass is 505 g/mol. The van der Waals surface area contributed by atoms with Gasteiger partial charge >= 0.3 is 5.97 Å². The number of rotatable bonds is 4. The summed E-state index contributed by atoms with van der Waals surface area (Å²) >= 11 is 7.03. The second kappa shape index (κ2) is 6.88. The normalized spacial score (nSPS) is 32.3. The number of hydrogen-bond donors (Lipinski definition) is 1. The Morgan fingerprint density at radius 3 is 2.36 bits per heavy atom. The first kappa shape index (κ1) is 18.2. The molecule has 5 nitrogen and oxygen atoms in total. The number of ether oxygens (including phenoxy) is 2. The average molecular weight is 507 g/mol. The highest BCUT2D eigenvalue weighted by Crippen LogP contribution is 2.60. The maximum atomic E-state index is 12.9. The van der Waals surface area contributed by atoms with Crippen LogP contribution in [0.3, 0.4) is 0 Å². The highest BCUT2D eigenvalue weighted by Gasteiger charge is 2.67. The molecule has 2 saturated carbocycles. The molecule has 2 aliphatic carbocycles. The van der Waals surface area contributed by atoms with Crippen LogP contribution >= 0.6 is 31.9 Å². The van der Waals surface area contributed by atoms with Crippen molar-refractivity contribution >= 4 is 49.4 Å². The maximum Gasteiger partial charge on any atom is 0.310 e. The van der Waals surface area contributed by atoms with Crippen molar-refractivity contribution in [3.05, 3.63) is 53.0 Å². The van der Waals surface area contributed by atoms with Gasteiger partial charge in [0.2, 0.25) is 5.91 Å². The van der Waals surface area contributed by atoms with E-state index in [1.54, 1.807) is 12.1 Å². The highest BCUT2D eigenvalue weighted by molar-refractivity contribution is 9.10. The van der Waals surface area contributed by atoms with Gasteiger partial charge in [0.05, 0.1) is 16.7 Å². The Morgan fingerprint density at radius 1 is 1.04 bits per heavy atom.